The summed E-state index contributed by atoms with van der Waals surface area (Å²) in [6.07, 6.45) is 1.76. The van der Waals surface area contributed by atoms with Crippen molar-refractivity contribution in [1.29, 1.82) is 0 Å². The van der Waals surface area contributed by atoms with Crippen LogP contribution in [-0.2, 0) is 16.6 Å². The molecule has 6 nitrogen and oxygen atoms in total. The van der Waals surface area contributed by atoms with Gasteiger partial charge in [0.2, 0.25) is 10.0 Å². The van der Waals surface area contributed by atoms with Crippen LogP contribution in [-0.4, -0.2) is 61.2 Å². The maximum absolute atomic E-state index is 12.9. The molecule has 0 aromatic heterocycles. The van der Waals surface area contributed by atoms with Gasteiger partial charge in [-0.15, -0.1) is 0 Å². The van der Waals surface area contributed by atoms with E-state index in [-0.39, 0.29) is 10.8 Å². The molecule has 2 aromatic carbocycles. The molecule has 2 saturated heterocycles. The second kappa shape index (κ2) is 9.73. The van der Waals surface area contributed by atoms with Crippen LogP contribution in [0.5, 0.6) is 0 Å². The summed E-state index contributed by atoms with van der Waals surface area (Å²) < 4.78 is 27.2. The maximum Gasteiger partial charge on any atom is 0.255 e. The van der Waals surface area contributed by atoms with Crippen molar-refractivity contribution in [3.8, 4) is 0 Å². The fraction of sp³-hybridized carbons (Fsp3) is 0.435. The molecule has 0 spiro atoms. The topological polar surface area (TPSA) is 69.7 Å². The van der Waals surface area contributed by atoms with Gasteiger partial charge in [0, 0.05) is 55.5 Å². The van der Waals surface area contributed by atoms with Gasteiger partial charge in [-0.3, -0.25) is 9.69 Å². The van der Waals surface area contributed by atoms with Crippen LogP contribution in [0.15, 0.2) is 47.4 Å². The standard InChI is InChI=1S/C23H29N3O3S2/c1-18-20(17-25-12-14-30-15-13-25)7-5-9-22(18)24-23(27)19-6-4-8-21(16-19)31(28,29)26-10-2-3-11-26/h4-9,16H,2-3,10-15,17H2,1H3,(H,24,27). The third kappa shape index (κ3) is 5.14. The van der Waals surface area contributed by atoms with Gasteiger partial charge in [-0.1, -0.05) is 18.2 Å². The summed E-state index contributed by atoms with van der Waals surface area (Å²) in [5.74, 6) is 2.02. The normalized spacial score (nSPS) is 18.2. The van der Waals surface area contributed by atoms with E-state index in [0.717, 1.165) is 55.2 Å². The van der Waals surface area contributed by atoms with Crippen LogP contribution in [0.4, 0.5) is 5.69 Å². The third-order valence-electron chi connectivity index (χ3n) is 5.99. The van der Waals surface area contributed by atoms with Crippen LogP contribution in [0.3, 0.4) is 0 Å². The van der Waals surface area contributed by atoms with Crippen molar-refractivity contribution in [2.75, 3.05) is 43.0 Å². The molecule has 2 aromatic rings. The lowest BCUT2D eigenvalue weighted by atomic mass is 10.1. The van der Waals surface area contributed by atoms with Gasteiger partial charge in [-0.05, 0) is 55.2 Å². The number of sulfonamides is 1. The van der Waals surface area contributed by atoms with E-state index in [2.05, 4.69) is 16.3 Å². The Bertz CT molecular complexity index is 1040. The van der Waals surface area contributed by atoms with Crippen molar-refractivity contribution in [2.24, 2.45) is 0 Å². The molecule has 166 valence electrons. The van der Waals surface area contributed by atoms with Crippen LogP contribution in [0.25, 0.3) is 0 Å². The number of anilines is 1. The van der Waals surface area contributed by atoms with Crippen LogP contribution < -0.4 is 5.32 Å². The first kappa shape index (κ1) is 22.3. The minimum absolute atomic E-state index is 0.176. The minimum Gasteiger partial charge on any atom is -0.322 e. The fourth-order valence-electron chi connectivity index (χ4n) is 4.06. The molecule has 31 heavy (non-hydrogen) atoms. The Morgan fingerprint density at radius 2 is 1.74 bits per heavy atom. The van der Waals surface area contributed by atoms with E-state index in [1.165, 1.54) is 15.9 Å². The van der Waals surface area contributed by atoms with E-state index in [9.17, 15) is 13.2 Å². The third-order valence-corrected chi connectivity index (χ3v) is 8.83. The van der Waals surface area contributed by atoms with Crippen molar-refractivity contribution in [2.45, 2.75) is 31.2 Å². The lowest BCUT2D eigenvalue weighted by Gasteiger charge is -2.27. The second-order valence-corrected chi connectivity index (χ2v) is 11.2. The Morgan fingerprint density at radius 3 is 2.48 bits per heavy atom. The van der Waals surface area contributed by atoms with Crippen LogP contribution in [0.1, 0.15) is 34.3 Å². The number of nitrogens with zero attached hydrogens (tertiary/aromatic N) is 2. The van der Waals surface area contributed by atoms with Crippen molar-refractivity contribution in [1.82, 2.24) is 9.21 Å². The average molecular weight is 460 g/mol. The number of hydrogen-bond donors (Lipinski definition) is 1. The first-order valence-corrected chi connectivity index (χ1v) is 13.3. The molecule has 2 heterocycles. The monoisotopic (exact) mass is 459 g/mol. The highest BCUT2D eigenvalue weighted by atomic mass is 32.2. The van der Waals surface area contributed by atoms with Gasteiger partial charge in [0.25, 0.3) is 5.91 Å². The van der Waals surface area contributed by atoms with Gasteiger partial charge in [0.05, 0.1) is 4.90 Å². The molecule has 1 N–H and O–H groups in total. The van der Waals surface area contributed by atoms with Crippen LogP contribution >= 0.6 is 11.8 Å². The molecule has 0 saturated carbocycles. The smallest absolute Gasteiger partial charge is 0.255 e. The van der Waals surface area contributed by atoms with E-state index in [0.29, 0.717) is 18.7 Å². The summed E-state index contributed by atoms with van der Waals surface area (Å²) in [5.41, 5.74) is 3.37. The molecular formula is C23H29N3O3S2. The maximum atomic E-state index is 12.9. The Hall–Kier alpha value is -1.87. The number of carbonyl (C=O) groups excluding carboxylic acids is 1. The van der Waals surface area contributed by atoms with E-state index < -0.39 is 10.0 Å². The molecule has 0 aliphatic carbocycles. The van der Waals surface area contributed by atoms with Gasteiger partial charge in [-0.25, -0.2) is 8.42 Å². The molecule has 2 aliphatic heterocycles. The summed E-state index contributed by atoms with van der Waals surface area (Å²) in [6.45, 7) is 6.15. The lowest BCUT2D eigenvalue weighted by Crippen LogP contribution is -2.32. The first-order valence-electron chi connectivity index (χ1n) is 10.8. The number of benzene rings is 2. The zero-order chi connectivity index (χ0) is 21.8. The molecule has 2 fully saturated rings. The Labute approximate surface area is 189 Å². The molecule has 0 unspecified atom stereocenters. The second-order valence-electron chi connectivity index (χ2n) is 8.07. The summed E-state index contributed by atoms with van der Waals surface area (Å²) in [4.78, 5) is 15.6. The summed E-state index contributed by atoms with van der Waals surface area (Å²) in [7, 11) is -3.55. The minimum atomic E-state index is -3.55. The molecule has 1 amide bonds. The molecule has 8 heteroatoms. The number of amides is 1. The van der Waals surface area contributed by atoms with Crippen molar-refractivity contribution in [3.63, 3.8) is 0 Å². The van der Waals surface area contributed by atoms with Crippen molar-refractivity contribution < 1.29 is 13.2 Å². The summed E-state index contributed by atoms with van der Waals surface area (Å²) in [6, 6.07) is 12.3. The zero-order valence-electron chi connectivity index (χ0n) is 17.8. The highest BCUT2D eigenvalue weighted by Crippen LogP contribution is 2.24. The van der Waals surface area contributed by atoms with Crippen molar-refractivity contribution >= 4 is 33.4 Å². The molecular weight excluding hydrogens is 430 g/mol. The highest BCUT2D eigenvalue weighted by Gasteiger charge is 2.27. The van der Waals surface area contributed by atoms with Crippen LogP contribution in [0, 0.1) is 6.92 Å². The van der Waals surface area contributed by atoms with E-state index in [4.69, 9.17) is 0 Å². The predicted octanol–water partition coefficient (Wildman–Crippen LogP) is 3.58. The van der Waals surface area contributed by atoms with Crippen LogP contribution in [0.2, 0.25) is 0 Å². The fourth-order valence-corrected chi connectivity index (χ4v) is 6.60. The SMILES string of the molecule is Cc1c(CN2CCSCC2)cccc1NC(=O)c1cccc(S(=O)(=O)N2CCCC2)c1. The van der Waals surface area contributed by atoms with Gasteiger partial charge < -0.3 is 5.32 Å². The first-order chi connectivity index (χ1) is 14.9. The average Bonchev–Trinajstić information content (AvgIpc) is 3.33. The van der Waals surface area contributed by atoms with Gasteiger partial charge >= 0.3 is 0 Å². The quantitative estimate of drug-likeness (QED) is 0.715. The predicted molar refractivity (Wildman–Crippen MR) is 126 cm³/mol. The number of carbonyl (C=O) groups is 1. The number of hydrogen-bond acceptors (Lipinski definition) is 5. The van der Waals surface area contributed by atoms with Gasteiger partial charge in [0.1, 0.15) is 0 Å². The summed E-state index contributed by atoms with van der Waals surface area (Å²) >= 11 is 1.99. The van der Waals surface area contributed by atoms with Gasteiger partial charge in [0.15, 0.2) is 0 Å². The Balaban J connectivity index is 1.50. The molecule has 2 aliphatic rings. The molecule has 0 radical (unpaired) electrons. The van der Waals surface area contributed by atoms with Gasteiger partial charge in [-0.2, -0.15) is 16.1 Å². The zero-order valence-corrected chi connectivity index (χ0v) is 19.5. The van der Waals surface area contributed by atoms with E-state index in [1.54, 1.807) is 18.2 Å². The molecule has 4 rings (SSSR count). The Kier molecular flexibility index (Phi) is 7.01. The Morgan fingerprint density at radius 1 is 1.03 bits per heavy atom. The number of nitrogens with one attached hydrogen (secondary N) is 1. The molecule has 0 atom stereocenters. The largest absolute Gasteiger partial charge is 0.322 e. The van der Waals surface area contributed by atoms with E-state index >= 15 is 0 Å². The number of rotatable bonds is 6. The van der Waals surface area contributed by atoms with E-state index in [1.807, 2.05) is 30.8 Å². The molecule has 0 bridgehead atoms. The summed E-state index contributed by atoms with van der Waals surface area (Å²) in [5, 5.41) is 2.98. The highest BCUT2D eigenvalue weighted by molar-refractivity contribution is 7.99. The number of thioether (sulfide) groups is 1. The van der Waals surface area contributed by atoms with Crippen molar-refractivity contribution in [3.05, 3.63) is 59.2 Å². The lowest BCUT2D eigenvalue weighted by molar-refractivity contribution is 0.102.